The van der Waals surface area contributed by atoms with E-state index in [4.69, 9.17) is 18.9 Å². The molecule has 20 heteroatoms. The zero-order valence-corrected chi connectivity index (χ0v) is 34.3. The standard InChI is InChI=1S/2C21H26F3N3O4/c2*22-21(23,24)19-2-1-17(10-25-19)30-12-14-3-6-26(7-4-14)20(29)27-8-5-18-15(11-27)9-16(28)13-31-18/h2*1-2,10,14-15,18H,3-9,11-13H2/t2*15-,18+/m10/s1. The summed E-state index contributed by atoms with van der Waals surface area (Å²) in [5.74, 6) is 1.42. The minimum atomic E-state index is -4.47. The van der Waals surface area contributed by atoms with Gasteiger partial charge in [0.2, 0.25) is 0 Å². The first-order valence-electron chi connectivity index (χ1n) is 21.3. The molecule has 6 saturated heterocycles. The number of likely N-dealkylation sites (tertiary alicyclic amines) is 4. The van der Waals surface area contributed by atoms with Gasteiger partial charge >= 0.3 is 24.4 Å². The average Bonchev–Trinajstić information content (AvgIpc) is 3.27. The fourth-order valence-corrected chi connectivity index (χ4v) is 8.98. The highest BCUT2D eigenvalue weighted by Gasteiger charge is 2.40. The van der Waals surface area contributed by atoms with E-state index in [9.17, 15) is 45.5 Å². The van der Waals surface area contributed by atoms with Crippen LogP contribution < -0.4 is 9.47 Å². The average molecular weight is 883 g/mol. The molecule has 0 saturated carbocycles. The Morgan fingerprint density at radius 2 is 0.952 bits per heavy atom. The number of pyridine rings is 2. The van der Waals surface area contributed by atoms with Crippen LogP contribution in [0.1, 0.15) is 62.8 Å². The maximum atomic E-state index is 12.9. The van der Waals surface area contributed by atoms with Crippen LogP contribution in [0.3, 0.4) is 0 Å². The summed E-state index contributed by atoms with van der Waals surface area (Å²) >= 11 is 0. The zero-order valence-electron chi connectivity index (χ0n) is 34.3. The molecular weight excluding hydrogens is 830 g/mol. The topological polar surface area (TPSA) is 144 Å². The highest BCUT2D eigenvalue weighted by atomic mass is 19.4. The van der Waals surface area contributed by atoms with Crippen molar-refractivity contribution in [1.29, 1.82) is 0 Å². The molecular formula is C42H52F6N6O8. The molecule has 0 aliphatic carbocycles. The van der Waals surface area contributed by atoms with E-state index in [0.29, 0.717) is 89.9 Å². The first kappa shape index (κ1) is 45.3. The smallest absolute Gasteiger partial charge is 0.433 e. The van der Waals surface area contributed by atoms with Gasteiger partial charge in [0.15, 0.2) is 11.6 Å². The van der Waals surface area contributed by atoms with Gasteiger partial charge in [-0.05, 0) is 74.6 Å². The molecule has 4 atom stereocenters. The summed E-state index contributed by atoms with van der Waals surface area (Å²) < 4.78 is 97.8. The van der Waals surface area contributed by atoms with E-state index >= 15 is 0 Å². The highest BCUT2D eigenvalue weighted by molar-refractivity contribution is 5.81. The molecule has 6 aliphatic rings. The number of carbonyl (C=O) groups is 4. The number of carbonyl (C=O) groups excluding carboxylic acids is 4. The second kappa shape index (κ2) is 19.8. The molecule has 0 unspecified atom stereocenters. The summed E-state index contributed by atoms with van der Waals surface area (Å²) in [6, 6.07) is 4.37. The van der Waals surface area contributed by atoms with Crippen molar-refractivity contribution in [2.24, 2.45) is 23.7 Å². The van der Waals surface area contributed by atoms with Gasteiger partial charge in [-0.2, -0.15) is 26.3 Å². The third kappa shape index (κ3) is 11.8. The zero-order chi connectivity index (χ0) is 44.0. The summed E-state index contributed by atoms with van der Waals surface area (Å²) in [6.07, 6.45) is -1.07. The van der Waals surface area contributed by atoms with E-state index < -0.39 is 23.7 Å². The molecule has 4 amide bonds. The number of ether oxygens (including phenoxy) is 4. The van der Waals surface area contributed by atoms with E-state index in [2.05, 4.69) is 9.97 Å². The lowest BCUT2D eigenvalue weighted by Crippen LogP contribution is -2.54. The fourth-order valence-electron chi connectivity index (χ4n) is 8.98. The van der Waals surface area contributed by atoms with Gasteiger partial charge in [-0.3, -0.25) is 9.59 Å². The Balaban J connectivity index is 0.000000186. The number of rotatable bonds is 6. The predicted octanol–water partition coefficient (Wildman–Crippen LogP) is 5.98. The first-order valence-corrected chi connectivity index (χ1v) is 21.3. The maximum Gasteiger partial charge on any atom is 0.433 e. The van der Waals surface area contributed by atoms with Gasteiger partial charge in [0, 0.05) is 77.0 Å². The van der Waals surface area contributed by atoms with Gasteiger partial charge < -0.3 is 38.5 Å². The summed E-state index contributed by atoms with van der Waals surface area (Å²) in [4.78, 5) is 63.2. The molecule has 0 bridgehead atoms. The van der Waals surface area contributed by atoms with Gasteiger partial charge in [-0.1, -0.05) is 0 Å². The molecule has 6 fully saturated rings. The molecule has 2 aromatic heterocycles. The van der Waals surface area contributed by atoms with E-state index in [1.54, 1.807) is 0 Å². The van der Waals surface area contributed by atoms with Crippen LogP contribution in [0.2, 0.25) is 0 Å². The molecule has 340 valence electrons. The van der Waals surface area contributed by atoms with Crippen molar-refractivity contribution >= 4 is 23.6 Å². The third-order valence-corrected chi connectivity index (χ3v) is 12.6. The number of nitrogens with zero attached hydrogens (tertiary/aromatic N) is 6. The number of amides is 4. The fraction of sp³-hybridized carbons (Fsp3) is 0.667. The lowest BCUT2D eigenvalue weighted by Gasteiger charge is -2.43. The van der Waals surface area contributed by atoms with Crippen molar-refractivity contribution in [1.82, 2.24) is 29.6 Å². The van der Waals surface area contributed by atoms with E-state index in [0.717, 1.165) is 63.1 Å². The van der Waals surface area contributed by atoms with Gasteiger partial charge in [0.05, 0.1) is 37.8 Å². The van der Waals surface area contributed by atoms with E-state index in [1.807, 2.05) is 19.6 Å². The number of hydrogen-bond acceptors (Lipinski definition) is 10. The first-order chi connectivity index (χ1) is 29.6. The van der Waals surface area contributed by atoms with Crippen LogP contribution in [0.5, 0.6) is 11.5 Å². The Morgan fingerprint density at radius 1 is 0.581 bits per heavy atom. The van der Waals surface area contributed by atoms with Crippen LogP contribution in [-0.4, -0.2) is 144 Å². The van der Waals surface area contributed by atoms with Crippen LogP contribution in [0.25, 0.3) is 0 Å². The number of hydrogen-bond donors (Lipinski definition) is 0. The molecule has 8 rings (SSSR count). The number of alkyl halides is 6. The molecule has 0 radical (unpaired) electrons. The van der Waals surface area contributed by atoms with Crippen molar-refractivity contribution in [2.75, 3.05) is 78.8 Å². The Bertz CT molecular complexity index is 1720. The summed E-state index contributed by atoms with van der Waals surface area (Å²) in [5, 5.41) is 0. The molecule has 6 aliphatic heterocycles. The van der Waals surface area contributed by atoms with Crippen LogP contribution in [-0.2, 0) is 31.4 Å². The summed E-state index contributed by atoms with van der Waals surface area (Å²) in [5.41, 5.74) is -1.89. The molecule has 14 nitrogen and oxygen atoms in total. The van der Waals surface area contributed by atoms with Crippen molar-refractivity contribution in [3.05, 3.63) is 48.0 Å². The second-order valence-electron chi connectivity index (χ2n) is 17.0. The third-order valence-electron chi connectivity index (χ3n) is 12.6. The second-order valence-corrected chi connectivity index (χ2v) is 17.0. The van der Waals surface area contributed by atoms with Crippen LogP contribution in [0.15, 0.2) is 36.7 Å². The lowest BCUT2D eigenvalue weighted by molar-refractivity contribution is -0.142. The van der Waals surface area contributed by atoms with Gasteiger partial charge in [0.25, 0.3) is 0 Å². The Labute approximate surface area is 355 Å². The molecule has 0 spiro atoms. The molecule has 8 heterocycles. The van der Waals surface area contributed by atoms with Gasteiger partial charge in [0.1, 0.15) is 36.1 Å². The Hall–Kier alpha value is -4.72. The lowest BCUT2D eigenvalue weighted by atomic mass is 9.88. The van der Waals surface area contributed by atoms with Crippen LogP contribution >= 0.6 is 0 Å². The summed E-state index contributed by atoms with van der Waals surface area (Å²) in [6.45, 7) is 5.95. The minimum absolute atomic E-state index is 0.00257. The van der Waals surface area contributed by atoms with E-state index in [1.165, 1.54) is 12.1 Å². The number of urea groups is 2. The van der Waals surface area contributed by atoms with Crippen molar-refractivity contribution < 1.29 is 64.5 Å². The van der Waals surface area contributed by atoms with Gasteiger partial charge in [-0.15, -0.1) is 0 Å². The Kier molecular flexibility index (Phi) is 14.4. The number of halogens is 6. The van der Waals surface area contributed by atoms with Crippen molar-refractivity contribution in [3.8, 4) is 11.5 Å². The number of ketones is 2. The quantitative estimate of drug-likeness (QED) is 0.318. The van der Waals surface area contributed by atoms with Gasteiger partial charge in [-0.25, -0.2) is 19.6 Å². The minimum Gasteiger partial charge on any atom is -0.492 e. The maximum absolute atomic E-state index is 12.9. The highest BCUT2D eigenvalue weighted by Crippen LogP contribution is 2.32. The van der Waals surface area contributed by atoms with Crippen LogP contribution in [0.4, 0.5) is 35.9 Å². The number of piperidine rings is 4. The van der Waals surface area contributed by atoms with Crippen molar-refractivity contribution in [2.45, 2.75) is 75.9 Å². The number of Topliss-reactive ketones (excluding diaryl/α,β-unsaturated/α-hetero) is 2. The molecule has 62 heavy (non-hydrogen) atoms. The Morgan fingerprint density at radius 3 is 1.29 bits per heavy atom. The monoisotopic (exact) mass is 882 g/mol. The van der Waals surface area contributed by atoms with Crippen molar-refractivity contribution in [3.63, 3.8) is 0 Å². The number of fused-ring (bicyclic) bond motifs is 2. The predicted molar refractivity (Wildman–Crippen MR) is 207 cm³/mol. The molecule has 2 aromatic rings. The molecule has 0 N–H and O–H groups in total. The van der Waals surface area contributed by atoms with E-state index in [-0.39, 0.29) is 72.7 Å². The van der Waals surface area contributed by atoms with Crippen LogP contribution in [0, 0.1) is 23.7 Å². The largest absolute Gasteiger partial charge is 0.492 e. The SMILES string of the molecule is O=C1CO[C@@H]2CCN(C(=O)N3CCC(COc4ccc(C(F)(F)F)nc4)CC3)C[C@@H]2C1.O=C1CO[C@H]2CCN(C(=O)N3CCC(COc4ccc(C(F)(F)F)nc4)CC3)C[C@H]2C1. The molecule has 0 aromatic carbocycles. The summed E-state index contributed by atoms with van der Waals surface area (Å²) in [7, 11) is 0. The number of aromatic nitrogens is 2. The normalized spacial score (nSPS) is 25.3.